The van der Waals surface area contributed by atoms with Gasteiger partial charge in [0.15, 0.2) is 0 Å². The minimum Gasteiger partial charge on any atom is -1.00 e. The summed E-state index contributed by atoms with van der Waals surface area (Å²) in [6, 6.07) is 53.9. The third-order valence-corrected chi connectivity index (χ3v) is 16.7. The SMILES string of the molecule is CO.CO.COC(=O)c1cccc(C=CCC(F)(F)F)c1.COC(=O)c1cccc(C=O)c1.COC(=O)c1cccc(CCCC(F)(F)F)c1.FC(F)(F)CC[P+](c1ccccc1)(c1ccccc1)c1ccccc1.N/N=N/N=N/[N-]O.O=C(O)c1cccc(CCCC(F)(F)F)c1.[I-].[Na+]. The maximum absolute atomic E-state index is 13.2. The average molecular weight is 1560 g/mol. The van der Waals surface area contributed by atoms with Crippen LogP contribution >= 0.6 is 7.26 Å². The minimum atomic E-state index is -4.21. The molecule has 0 aromatic heterocycles. The molecule has 540 valence electrons. The fourth-order valence-corrected chi connectivity index (χ4v) is 12.4. The van der Waals surface area contributed by atoms with Crippen molar-refractivity contribution in [1.29, 1.82) is 0 Å². The van der Waals surface area contributed by atoms with Crippen LogP contribution in [0.3, 0.4) is 0 Å². The van der Waals surface area contributed by atoms with E-state index in [0.29, 0.717) is 51.7 Å². The van der Waals surface area contributed by atoms with Gasteiger partial charge in [-0.25, -0.2) is 29.6 Å². The second-order valence-electron chi connectivity index (χ2n) is 19.1. The van der Waals surface area contributed by atoms with Gasteiger partial charge < -0.3 is 64.6 Å². The number of esters is 3. The molecule has 0 saturated carbocycles. The number of aliphatic hydroxyl groups is 2. The number of nitrogens with zero attached hydrogens (tertiary/aromatic N) is 5. The zero-order chi connectivity index (χ0) is 74.2. The number of carbonyl (C=O) groups excluding carboxylic acids is 4. The first kappa shape index (κ1) is 96.0. The first-order valence-corrected chi connectivity index (χ1v) is 30.5. The average Bonchev–Trinajstić information content (AvgIpc) is 0.759. The maximum atomic E-state index is 13.2. The fraction of sp³-hybridized carbons (Fsp3) is 0.269. The summed E-state index contributed by atoms with van der Waals surface area (Å²) in [5.74, 6) is 1.95. The van der Waals surface area contributed by atoms with E-state index in [1.807, 2.05) is 91.0 Å². The van der Waals surface area contributed by atoms with E-state index in [4.69, 9.17) is 20.5 Å². The Morgan fingerprint density at radius 2 is 0.840 bits per heavy atom. The fourth-order valence-electron chi connectivity index (χ4n) is 8.13. The first-order valence-electron chi connectivity index (χ1n) is 28.5. The molecule has 0 aliphatic rings. The number of aliphatic hydroxyl groups excluding tert-OH is 2. The molecule has 0 spiro atoms. The Morgan fingerprint density at radius 3 is 1.18 bits per heavy atom. The van der Waals surface area contributed by atoms with Crippen molar-refractivity contribution < 1.29 is 165 Å². The van der Waals surface area contributed by atoms with Crippen LogP contribution in [0.4, 0.5) is 52.7 Å². The van der Waals surface area contributed by atoms with E-state index < -0.39 is 81.5 Å². The number of halogens is 13. The van der Waals surface area contributed by atoms with Gasteiger partial charge in [0.2, 0.25) is 0 Å². The number of alkyl halides is 12. The second kappa shape index (κ2) is 52.8. The first-order chi connectivity index (χ1) is 46.4. The van der Waals surface area contributed by atoms with Crippen LogP contribution in [0.25, 0.3) is 11.7 Å². The number of allylic oxidation sites excluding steroid dienone is 1. The van der Waals surface area contributed by atoms with Gasteiger partial charge in [-0.2, -0.15) is 52.7 Å². The van der Waals surface area contributed by atoms with Gasteiger partial charge in [0, 0.05) is 32.6 Å². The van der Waals surface area contributed by atoms with Gasteiger partial charge in [-0.3, -0.25) is 10.4 Å². The number of carbonyl (C=O) groups is 5. The van der Waals surface area contributed by atoms with Crippen molar-refractivity contribution in [2.75, 3.05) is 41.7 Å². The van der Waals surface area contributed by atoms with E-state index in [-0.39, 0.29) is 84.5 Å². The summed E-state index contributed by atoms with van der Waals surface area (Å²) in [5, 5.41) is 44.0. The van der Waals surface area contributed by atoms with Gasteiger partial charge in [0.1, 0.15) is 29.5 Å². The van der Waals surface area contributed by atoms with Crippen molar-refractivity contribution in [2.24, 2.45) is 26.7 Å². The van der Waals surface area contributed by atoms with E-state index >= 15 is 0 Å². The predicted molar refractivity (Wildman–Crippen MR) is 346 cm³/mol. The van der Waals surface area contributed by atoms with E-state index in [1.165, 1.54) is 63.8 Å². The predicted octanol–water partition coefficient (Wildman–Crippen LogP) is 9.87. The van der Waals surface area contributed by atoms with Crippen LogP contribution in [-0.4, -0.2) is 117 Å². The molecule has 0 saturated heterocycles. The molecular formula is C67H73F12IN6NaO12P. The van der Waals surface area contributed by atoms with Crippen LogP contribution in [0.2, 0.25) is 0 Å². The third-order valence-electron chi connectivity index (χ3n) is 12.3. The number of aromatic carboxylic acids is 1. The van der Waals surface area contributed by atoms with Crippen LogP contribution in [0.5, 0.6) is 0 Å². The molecule has 0 amide bonds. The number of benzene rings is 7. The van der Waals surface area contributed by atoms with Gasteiger partial charge in [-0.05, 0) is 127 Å². The van der Waals surface area contributed by atoms with Crippen molar-refractivity contribution in [3.63, 3.8) is 0 Å². The van der Waals surface area contributed by atoms with E-state index in [2.05, 4.69) is 46.5 Å². The summed E-state index contributed by atoms with van der Waals surface area (Å²) in [4.78, 5) is 54.2. The molecule has 18 nitrogen and oxygen atoms in total. The summed E-state index contributed by atoms with van der Waals surface area (Å²) < 4.78 is 160. The third kappa shape index (κ3) is 42.1. The second-order valence-corrected chi connectivity index (χ2v) is 22.7. The molecule has 0 aliphatic carbocycles. The number of carboxylic acid groups (broad SMARTS) is 1. The molecule has 0 bridgehead atoms. The summed E-state index contributed by atoms with van der Waals surface area (Å²) in [7, 11) is 3.44. The van der Waals surface area contributed by atoms with Crippen LogP contribution in [0, 0.1) is 0 Å². The molecule has 33 heteroatoms. The molecule has 7 aromatic carbocycles. The summed E-state index contributed by atoms with van der Waals surface area (Å²) in [6.45, 7) is 0. The van der Waals surface area contributed by atoms with Gasteiger partial charge in [-0.15, -0.1) is 5.22 Å². The van der Waals surface area contributed by atoms with E-state index in [9.17, 15) is 76.7 Å². The van der Waals surface area contributed by atoms with Gasteiger partial charge in [0.25, 0.3) is 0 Å². The molecule has 0 heterocycles. The Balaban J connectivity index is -0.00000115. The minimum absolute atomic E-state index is 0. The monoisotopic (exact) mass is 1560 g/mol. The van der Waals surface area contributed by atoms with Gasteiger partial charge in [-0.1, -0.05) is 121 Å². The summed E-state index contributed by atoms with van der Waals surface area (Å²) in [5.41, 5.74) is 5.70. The Bertz CT molecular complexity index is 3420. The standard InChI is InChI=1S/C21H19F3P.C12H13F3O2.C12H11F3O2.C11H11F3O2.C9H8O3.2CH4O.HI.H3N6O.Na/c22-21(23,24)16-17-25(18-10-4-1-5-11-18,19-12-6-2-7-13-19)20-14-8-3-9-15-20;2*1-17-11(16)10-6-2-4-9(8-10)5-3-7-12(13,14)15;12-11(13,14)6-2-4-8-3-1-5-9(7-8)10(15)16;1-12-9(11)8-4-2-3-7(5-8)6-10;2*1-2;;1-2-3-4-5-6-7;/h1-15H,16-17H2;2,4,6,8H,3,5,7H2,1H3;2-6,8H,7H2,1H3;1,3,5,7H,2,4,6H2,(H,15,16);2-6H,1H3;2*2H,1H3;1H;(H3-,1,2,3,4,5,6,7);/q+1;;;;;;;;-1;+1/p-1. The number of hydrogen-bond acceptors (Lipinski definition) is 13. The largest absolute Gasteiger partial charge is 1.00 e. The number of hydrogen-bond donors (Lipinski definition) is 5. The maximum Gasteiger partial charge on any atom is 1.00 e. The smallest absolute Gasteiger partial charge is 1.00 e. The Hall–Kier alpha value is -8.17. The summed E-state index contributed by atoms with van der Waals surface area (Å²) in [6.07, 6.45) is -16.5. The van der Waals surface area contributed by atoms with Gasteiger partial charge >= 0.3 is 78.1 Å². The molecule has 7 aromatic rings. The van der Waals surface area contributed by atoms with E-state index in [1.54, 1.807) is 60.7 Å². The molecule has 0 atom stereocenters. The molecule has 0 unspecified atom stereocenters. The Morgan fingerprint density at radius 1 is 0.490 bits per heavy atom. The normalized spacial score (nSPS) is 10.8. The van der Waals surface area contributed by atoms with Gasteiger partial charge in [0.05, 0.1) is 62.6 Å². The number of aryl methyl sites for hydroxylation is 2. The zero-order valence-corrected chi connectivity index (χ0v) is 59.8. The molecule has 0 fully saturated rings. The van der Waals surface area contributed by atoms with Crippen molar-refractivity contribution in [1.82, 2.24) is 0 Å². The molecule has 6 N–H and O–H groups in total. The quantitative estimate of drug-likeness (QED) is 0.00454. The molecule has 100 heavy (non-hydrogen) atoms. The van der Waals surface area contributed by atoms with Crippen molar-refractivity contribution in [3.8, 4) is 0 Å². The number of rotatable bonds is 20. The van der Waals surface area contributed by atoms with Crippen LogP contribution < -0.4 is 75.3 Å². The van der Waals surface area contributed by atoms with Crippen molar-refractivity contribution in [2.45, 2.75) is 76.1 Å². The Labute approximate surface area is 609 Å². The van der Waals surface area contributed by atoms with Crippen LogP contribution in [0.1, 0.15) is 107 Å². The van der Waals surface area contributed by atoms with Crippen molar-refractivity contribution >= 4 is 59.4 Å². The zero-order valence-electron chi connectivity index (χ0n) is 54.7. The molecule has 7 rings (SSSR count). The number of nitrogens with two attached hydrogens (primary N) is 1. The Kier molecular flexibility index (Phi) is 50.7. The van der Waals surface area contributed by atoms with E-state index in [0.717, 1.165) is 36.2 Å². The van der Waals surface area contributed by atoms with Crippen LogP contribution in [0.15, 0.2) is 215 Å². The number of aldehydes is 1. The molecule has 0 aliphatic heterocycles. The molecule has 0 radical (unpaired) electrons. The molecular weight excluding hydrogens is 1490 g/mol. The number of ether oxygens (including phenoxy) is 3. The van der Waals surface area contributed by atoms with Crippen molar-refractivity contribution in [3.05, 3.63) is 244 Å². The summed E-state index contributed by atoms with van der Waals surface area (Å²) >= 11 is 0. The van der Waals surface area contributed by atoms with Crippen LogP contribution in [-0.2, 0) is 27.1 Å². The topological polar surface area (TPSA) is 284 Å². The number of carboxylic acids is 1. The number of methoxy groups -OCH3 is 3.